The summed E-state index contributed by atoms with van der Waals surface area (Å²) in [6, 6.07) is 0.370. The molecule has 2 aliphatic rings. The van der Waals surface area contributed by atoms with E-state index in [1.807, 2.05) is 0 Å². The largest absolute Gasteiger partial charge is 0.368 e. The molecule has 18 heavy (non-hydrogen) atoms. The minimum Gasteiger partial charge on any atom is -0.368 e. The summed E-state index contributed by atoms with van der Waals surface area (Å²) in [6.07, 6.45) is 10.8. The predicted octanol–water partition coefficient (Wildman–Crippen LogP) is 2.73. The minimum atomic E-state index is -0.427. The summed E-state index contributed by atoms with van der Waals surface area (Å²) in [5, 5.41) is 3.51. The number of nitrogens with one attached hydrogen (secondary N) is 1. The van der Waals surface area contributed by atoms with Crippen LogP contribution >= 0.6 is 0 Å². The van der Waals surface area contributed by atoms with E-state index >= 15 is 0 Å². The predicted molar refractivity (Wildman–Crippen MR) is 74.2 cm³/mol. The molecule has 0 bridgehead atoms. The zero-order valence-electron chi connectivity index (χ0n) is 11.9. The molecule has 0 heterocycles. The molecule has 0 aromatic carbocycles. The molecule has 0 aromatic heterocycles. The van der Waals surface area contributed by atoms with Gasteiger partial charge in [-0.1, -0.05) is 19.8 Å². The van der Waals surface area contributed by atoms with E-state index in [2.05, 4.69) is 19.2 Å². The van der Waals surface area contributed by atoms with Crippen molar-refractivity contribution in [1.82, 2.24) is 5.32 Å². The Labute approximate surface area is 111 Å². The molecule has 1 amide bonds. The van der Waals surface area contributed by atoms with E-state index in [1.165, 1.54) is 38.5 Å². The molecule has 1 unspecified atom stereocenters. The summed E-state index contributed by atoms with van der Waals surface area (Å²) in [6.45, 7) is 4.29. The van der Waals surface area contributed by atoms with Crippen molar-refractivity contribution in [1.29, 1.82) is 0 Å². The van der Waals surface area contributed by atoms with Crippen molar-refractivity contribution in [3.8, 4) is 0 Å². The van der Waals surface area contributed by atoms with Crippen LogP contribution in [-0.4, -0.2) is 17.5 Å². The molecule has 2 aliphatic carbocycles. The quantitative estimate of drug-likeness (QED) is 0.808. The van der Waals surface area contributed by atoms with Gasteiger partial charge in [0.25, 0.3) is 0 Å². The lowest BCUT2D eigenvalue weighted by Crippen LogP contribution is -2.60. The van der Waals surface area contributed by atoms with E-state index in [9.17, 15) is 4.79 Å². The van der Waals surface area contributed by atoms with Crippen molar-refractivity contribution in [3.63, 3.8) is 0 Å². The number of primary amides is 1. The Balaban J connectivity index is 2.03. The maximum Gasteiger partial charge on any atom is 0.237 e. The number of carbonyl (C=O) groups excluding carboxylic acids is 1. The van der Waals surface area contributed by atoms with E-state index < -0.39 is 5.54 Å². The highest BCUT2D eigenvalue weighted by molar-refractivity contribution is 5.84. The summed E-state index contributed by atoms with van der Waals surface area (Å²) in [4.78, 5) is 11.9. The molecule has 2 saturated carbocycles. The van der Waals surface area contributed by atoms with Crippen molar-refractivity contribution >= 4 is 5.91 Å². The van der Waals surface area contributed by atoms with E-state index in [4.69, 9.17) is 5.73 Å². The Kier molecular flexibility index (Phi) is 4.00. The summed E-state index contributed by atoms with van der Waals surface area (Å²) in [7, 11) is 0. The molecule has 1 atom stereocenters. The third kappa shape index (κ3) is 2.56. The molecule has 0 saturated heterocycles. The Morgan fingerprint density at radius 3 is 2.17 bits per heavy atom. The number of hydrogen-bond donors (Lipinski definition) is 2. The Morgan fingerprint density at radius 1 is 1.17 bits per heavy atom. The first-order valence-corrected chi connectivity index (χ1v) is 7.60. The van der Waals surface area contributed by atoms with Gasteiger partial charge in [0, 0.05) is 6.04 Å². The first-order chi connectivity index (χ1) is 8.52. The maximum absolute atomic E-state index is 11.9. The summed E-state index contributed by atoms with van der Waals surface area (Å²) in [5.41, 5.74) is 5.82. The average Bonchev–Trinajstić information content (AvgIpc) is 2.81. The second kappa shape index (κ2) is 5.20. The van der Waals surface area contributed by atoms with Crippen molar-refractivity contribution in [2.24, 2.45) is 11.1 Å². The van der Waals surface area contributed by atoms with Crippen molar-refractivity contribution in [3.05, 3.63) is 0 Å². The van der Waals surface area contributed by atoms with Crippen LogP contribution in [-0.2, 0) is 4.79 Å². The van der Waals surface area contributed by atoms with Gasteiger partial charge < -0.3 is 11.1 Å². The average molecular weight is 252 g/mol. The highest BCUT2D eigenvalue weighted by Crippen LogP contribution is 2.51. The Bertz CT molecular complexity index is 298. The molecular weight excluding hydrogens is 224 g/mol. The fourth-order valence-corrected chi connectivity index (χ4v) is 3.87. The van der Waals surface area contributed by atoms with Crippen molar-refractivity contribution in [2.75, 3.05) is 0 Å². The fourth-order valence-electron chi connectivity index (χ4n) is 3.87. The van der Waals surface area contributed by atoms with E-state index in [0.29, 0.717) is 11.5 Å². The van der Waals surface area contributed by atoms with Gasteiger partial charge in [0.2, 0.25) is 5.91 Å². The molecule has 0 radical (unpaired) electrons. The molecule has 1 spiro atoms. The summed E-state index contributed by atoms with van der Waals surface area (Å²) >= 11 is 0. The molecule has 3 heteroatoms. The molecule has 2 rings (SSSR count). The van der Waals surface area contributed by atoms with Gasteiger partial charge in [-0.15, -0.1) is 0 Å². The summed E-state index contributed by atoms with van der Waals surface area (Å²) in [5.74, 6) is -0.143. The number of nitrogens with two attached hydrogens (primary N) is 1. The molecular formula is C15H28N2O. The highest BCUT2D eigenvalue weighted by atomic mass is 16.1. The number of carbonyl (C=O) groups is 1. The van der Waals surface area contributed by atoms with Gasteiger partial charge in [-0.3, -0.25) is 4.79 Å². The SMILES string of the molecule is CCC(C)NC1(C(N)=O)CCC2(CCCC2)CC1. The van der Waals surface area contributed by atoms with Crippen molar-refractivity contribution in [2.45, 2.75) is 83.2 Å². The number of rotatable bonds is 4. The maximum atomic E-state index is 11.9. The second-order valence-electron chi connectivity index (χ2n) is 6.61. The van der Waals surface area contributed by atoms with E-state index in [-0.39, 0.29) is 5.91 Å². The number of hydrogen-bond acceptors (Lipinski definition) is 2. The first kappa shape index (κ1) is 13.9. The van der Waals surface area contributed by atoms with Gasteiger partial charge in [0.15, 0.2) is 0 Å². The van der Waals surface area contributed by atoms with Crippen LogP contribution in [0.4, 0.5) is 0 Å². The lowest BCUT2D eigenvalue weighted by atomic mass is 9.66. The van der Waals surface area contributed by atoms with Crippen molar-refractivity contribution < 1.29 is 4.79 Å². The van der Waals surface area contributed by atoms with Gasteiger partial charge in [0.1, 0.15) is 0 Å². The molecule has 104 valence electrons. The zero-order chi connectivity index (χ0) is 13.2. The van der Waals surface area contributed by atoms with Crippen LogP contribution in [0.5, 0.6) is 0 Å². The van der Waals surface area contributed by atoms with Gasteiger partial charge in [-0.2, -0.15) is 0 Å². The Morgan fingerprint density at radius 2 is 1.72 bits per heavy atom. The highest BCUT2D eigenvalue weighted by Gasteiger charge is 2.47. The Hall–Kier alpha value is -0.570. The molecule has 3 nitrogen and oxygen atoms in total. The zero-order valence-corrected chi connectivity index (χ0v) is 11.9. The molecule has 3 N–H and O–H groups in total. The van der Waals surface area contributed by atoms with Crippen LogP contribution in [0.15, 0.2) is 0 Å². The van der Waals surface area contributed by atoms with E-state index in [0.717, 1.165) is 19.3 Å². The summed E-state index contributed by atoms with van der Waals surface area (Å²) < 4.78 is 0. The first-order valence-electron chi connectivity index (χ1n) is 7.60. The number of amides is 1. The van der Waals surface area contributed by atoms with Crippen LogP contribution in [0.2, 0.25) is 0 Å². The van der Waals surface area contributed by atoms with Crippen LogP contribution in [0.3, 0.4) is 0 Å². The van der Waals surface area contributed by atoms with Gasteiger partial charge in [-0.05, 0) is 57.3 Å². The third-order valence-electron chi connectivity index (χ3n) is 5.44. The van der Waals surface area contributed by atoms with Crippen LogP contribution < -0.4 is 11.1 Å². The second-order valence-corrected chi connectivity index (χ2v) is 6.61. The fraction of sp³-hybridized carbons (Fsp3) is 0.933. The van der Waals surface area contributed by atoms with Crippen LogP contribution in [0, 0.1) is 5.41 Å². The topological polar surface area (TPSA) is 55.1 Å². The van der Waals surface area contributed by atoms with Gasteiger partial charge in [-0.25, -0.2) is 0 Å². The standard InChI is InChI=1S/C15H28N2O/c1-3-12(2)17-15(13(16)18)10-8-14(9-11-15)6-4-5-7-14/h12,17H,3-11H2,1-2H3,(H2,16,18). The van der Waals surface area contributed by atoms with Gasteiger partial charge in [0.05, 0.1) is 5.54 Å². The third-order valence-corrected chi connectivity index (χ3v) is 5.44. The normalized spacial score (nSPS) is 27.2. The molecule has 0 aliphatic heterocycles. The van der Waals surface area contributed by atoms with Gasteiger partial charge >= 0.3 is 0 Å². The van der Waals surface area contributed by atoms with Crippen LogP contribution in [0.25, 0.3) is 0 Å². The van der Waals surface area contributed by atoms with E-state index in [1.54, 1.807) is 0 Å². The molecule has 0 aromatic rings. The lowest BCUT2D eigenvalue weighted by Gasteiger charge is -2.45. The minimum absolute atomic E-state index is 0.143. The smallest absolute Gasteiger partial charge is 0.237 e. The van der Waals surface area contributed by atoms with Crippen LogP contribution in [0.1, 0.15) is 71.6 Å². The monoisotopic (exact) mass is 252 g/mol. The lowest BCUT2D eigenvalue weighted by molar-refractivity contribution is -0.127. The molecule has 2 fully saturated rings.